The van der Waals surface area contributed by atoms with Gasteiger partial charge in [0.05, 0.1) is 12.0 Å². The van der Waals surface area contributed by atoms with Crippen molar-refractivity contribution in [3.8, 4) is 22.8 Å². The van der Waals surface area contributed by atoms with Crippen molar-refractivity contribution in [3.63, 3.8) is 0 Å². The van der Waals surface area contributed by atoms with Crippen molar-refractivity contribution in [1.82, 2.24) is 0 Å². The number of rotatable bonds is 10. The molecule has 0 saturated carbocycles. The van der Waals surface area contributed by atoms with Crippen LogP contribution in [0.5, 0.6) is 11.5 Å². The highest BCUT2D eigenvalue weighted by Crippen LogP contribution is 2.38. The van der Waals surface area contributed by atoms with Crippen molar-refractivity contribution < 1.29 is 38.1 Å². The summed E-state index contributed by atoms with van der Waals surface area (Å²) in [5.74, 6) is 0.0649. The fraction of sp³-hybridized carbons (Fsp3) is 0.294. The second-order valence-corrected chi connectivity index (χ2v) is 4.95. The molecule has 0 unspecified atom stereocenters. The van der Waals surface area contributed by atoms with Gasteiger partial charge in [-0.15, -0.1) is 0 Å². The first-order valence-electron chi connectivity index (χ1n) is 7.26. The zero-order valence-electron chi connectivity index (χ0n) is 13.8. The second kappa shape index (κ2) is 8.86. The van der Waals surface area contributed by atoms with E-state index in [0.29, 0.717) is 34.7 Å². The van der Waals surface area contributed by atoms with Crippen LogP contribution in [-0.4, -0.2) is 45.2 Å². The van der Waals surface area contributed by atoms with Gasteiger partial charge in [0.1, 0.15) is 17.3 Å². The summed E-state index contributed by atoms with van der Waals surface area (Å²) in [5.41, 5.74) is 0.816. The molecule has 0 spiro atoms. The highest BCUT2D eigenvalue weighted by molar-refractivity contribution is 5.80. The third-order valence-corrected chi connectivity index (χ3v) is 3.16. The van der Waals surface area contributed by atoms with E-state index >= 15 is 0 Å². The number of carboxylic acid groups (broad SMARTS) is 1. The quantitative estimate of drug-likeness (QED) is 0.514. The molecule has 0 fully saturated rings. The molecular weight excluding hydrogens is 332 g/mol. The number of aliphatic carboxylic acids is 1. The minimum atomic E-state index is -1.04. The van der Waals surface area contributed by atoms with Crippen LogP contribution in [0.3, 0.4) is 0 Å². The zero-order chi connectivity index (χ0) is 18.2. The third-order valence-electron chi connectivity index (χ3n) is 3.16. The highest BCUT2D eigenvalue weighted by atomic mass is 16.7. The van der Waals surface area contributed by atoms with Crippen LogP contribution in [0.4, 0.5) is 0 Å². The van der Waals surface area contributed by atoms with Gasteiger partial charge >= 0.3 is 5.97 Å². The Bertz CT molecular complexity index is 734. The van der Waals surface area contributed by atoms with Gasteiger partial charge in [-0.25, -0.2) is 0 Å². The summed E-state index contributed by atoms with van der Waals surface area (Å²) in [5, 5.41) is 9.21. The number of hydrogen-bond acceptors (Lipinski definition) is 7. The number of aldehydes is 1. The summed E-state index contributed by atoms with van der Waals surface area (Å²) in [6.45, 7) is -0.0693. The molecule has 1 N–H and O–H groups in total. The number of ether oxygens (including phenoxy) is 4. The molecule has 8 heteroatoms. The summed E-state index contributed by atoms with van der Waals surface area (Å²) in [6.07, 6.45) is 0.270. The van der Waals surface area contributed by atoms with Gasteiger partial charge in [0.15, 0.2) is 25.6 Å². The molecule has 1 heterocycles. The predicted molar refractivity (Wildman–Crippen MR) is 85.9 cm³/mol. The monoisotopic (exact) mass is 350 g/mol. The molecular formula is C17H18O8. The summed E-state index contributed by atoms with van der Waals surface area (Å²) in [6, 6.07) is 6.19. The number of hydrogen-bond donors (Lipinski definition) is 1. The van der Waals surface area contributed by atoms with Crippen molar-refractivity contribution in [1.29, 1.82) is 0 Å². The lowest BCUT2D eigenvalue weighted by molar-refractivity contribution is -0.136. The van der Waals surface area contributed by atoms with Gasteiger partial charge in [0.2, 0.25) is 0 Å². The molecule has 0 radical (unpaired) electrons. The lowest BCUT2D eigenvalue weighted by Gasteiger charge is -2.16. The molecule has 0 aliphatic carbocycles. The fourth-order valence-corrected chi connectivity index (χ4v) is 2.22. The molecule has 1 aromatic carbocycles. The van der Waals surface area contributed by atoms with Gasteiger partial charge < -0.3 is 28.5 Å². The maximum absolute atomic E-state index is 11.2. The average Bonchev–Trinajstić information content (AvgIpc) is 3.06. The molecule has 0 atom stereocenters. The lowest BCUT2D eigenvalue weighted by Crippen LogP contribution is -2.07. The normalized spacial score (nSPS) is 10.5. The standard InChI is InChI=1S/C17H18O8/c1-21-9-23-13-5-11(6-16(19)20)17(15(7-13)24-10-22-2)14-4-3-12(8-18)25-14/h3-5,7-8H,6,9-10H2,1-2H3,(H,19,20). The third kappa shape index (κ3) is 4.82. The van der Waals surface area contributed by atoms with E-state index in [9.17, 15) is 14.7 Å². The van der Waals surface area contributed by atoms with Gasteiger partial charge in [-0.1, -0.05) is 0 Å². The smallest absolute Gasteiger partial charge is 0.307 e. The number of carbonyl (C=O) groups is 2. The molecule has 0 saturated heterocycles. The number of furan rings is 1. The molecule has 8 nitrogen and oxygen atoms in total. The largest absolute Gasteiger partial charge is 0.481 e. The van der Waals surface area contributed by atoms with Gasteiger partial charge in [-0.2, -0.15) is 0 Å². The topological polar surface area (TPSA) is 104 Å². The Morgan fingerprint density at radius 1 is 1.16 bits per heavy atom. The molecule has 134 valence electrons. The van der Waals surface area contributed by atoms with Gasteiger partial charge in [-0.3, -0.25) is 9.59 Å². The van der Waals surface area contributed by atoms with E-state index in [4.69, 9.17) is 23.4 Å². The maximum atomic E-state index is 11.2. The molecule has 2 aromatic rings. The number of carboxylic acids is 1. The van der Waals surface area contributed by atoms with Crippen LogP contribution in [0.2, 0.25) is 0 Å². The van der Waals surface area contributed by atoms with E-state index in [1.807, 2.05) is 0 Å². The van der Waals surface area contributed by atoms with E-state index in [1.54, 1.807) is 18.2 Å². The minimum absolute atomic E-state index is 0.00832. The van der Waals surface area contributed by atoms with Gasteiger partial charge in [0, 0.05) is 20.3 Å². The van der Waals surface area contributed by atoms with Crippen molar-refractivity contribution >= 4 is 12.3 Å². The predicted octanol–water partition coefficient (Wildman–Crippen LogP) is 2.35. The minimum Gasteiger partial charge on any atom is -0.481 e. The fourth-order valence-electron chi connectivity index (χ4n) is 2.22. The first-order chi connectivity index (χ1) is 12.1. The van der Waals surface area contributed by atoms with Crippen molar-refractivity contribution in [2.24, 2.45) is 0 Å². The molecule has 0 aliphatic heterocycles. The van der Waals surface area contributed by atoms with Gasteiger partial charge in [-0.05, 0) is 23.8 Å². The van der Waals surface area contributed by atoms with Crippen LogP contribution in [-0.2, 0) is 20.7 Å². The van der Waals surface area contributed by atoms with Crippen LogP contribution in [0.25, 0.3) is 11.3 Å². The summed E-state index contributed by atoms with van der Waals surface area (Å²) >= 11 is 0. The Hall–Kier alpha value is -2.84. The summed E-state index contributed by atoms with van der Waals surface area (Å²) in [4.78, 5) is 22.1. The van der Waals surface area contributed by atoms with Crippen LogP contribution < -0.4 is 9.47 Å². The SMILES string of the molecule is COCOc1cc(CC(=O)O)c(-c2ccc(C=O)o2)c(OCOC)c1. The Labute approximate surface area is 143 Å². The van der Waals surface area contributed by atoms with E-state index in [-0.39, 0.29) is 25.8 Å². The second-order valence-electron chi connectivity index (χ2n) is 4.95. The van der Waals surface area contributed by atoms with E-state index in [1.165, 1.54) is 20.3 Å². The van der Waals surface area contributed by atoms with Crippen LogP contribution >= 0.6 is 0 Å². The Kier molecular flexibility index (Phi) is 6.55. The molecule has 2 rings (SSSR count). The molecule has 0 amide bonds. The van der Waals surface area contributed by atoms with E-state index in [0.717, 1.165) is 0 Å². The van der Waals surface area contributed by atoms with Crippen molar-refractivity contribution in [3.05, 3.63) is 35.6 Å². The van der Waals surface area contributed by atoms with Crippen LogP contribution in [0.1, 0.15) is 16.1 Å². The van der Waals surface area contributed by atoms with Crippen LogP contribution in [0.15, 0.2) is 28.7 Å². The van der Waals surface area contributed by atoms with E-state index in [2.05, 4.69) is 0 Å². The Morgan fingerprint density at radius 2 is 1.88 bits per heavy atom. The zero-order valence-corrected chi connectivity index (χ0v) is 13.8. The molecule has 25 heavy (non-hydrogen) atoms. The first kappa shape index (κ1) is 18.5. The molecule has 0 aliphatic rings. The first-order valence-corrected chi connectivity index (χ1v) is 7.26. The van der Waals surface area contributed by atoms with Gasteiger partial charge in [0.25, 0.3) is 0 Å². The number of methoxy groups -OCH3 is 2. The average molecular weight is 350 g/mol. The lowest BCUT2D eigenvalue weighted by atomic mass is 10.0. The number of benzene rings is 1. The van der Waals surface area contributed by atoms with Crippen molar-refractivity contribution in [2.45, 2.75) is 6.42 Å². The van der Waals surface area contributed by atoms with Crippen molar-refractivity contribution in [2.75, 3.05) is 27.8 Å². The van der Waals surface area contributed by atoms with E-state index < -0.39 is 5.97 Å². The summed E-state index contributed by atoms with van der Waals surface area (Å²) < 4.78 is 26.1. The Balaban J connectivity index is 2.56. The van der Waals surface area contributed by atoms with Crippen LogP contribution in [0, 0.1) is 0 Å². The Morgan fingerprint density at radius 3 is 2.48 bits per heavy atom. The number of carbonyl (C=O) groups excluding carboxylic acids is 1. The highest BCUT2D eigenvalue weighted by Gasteiger charge is 2.20. The molecule has 1 aromatic heterocycles. The maximum Gasteiger partial charge on any atom is 0.307 e. The summed E-state index contributed by atoms with van der Waals surface area (Å²) in [7, 11) is 2.93. The molecule has 0 bridgehead atoms.